The number of hydrogen-bond donors (Lipinski definition) is 0. The number of ether oxygens (including phenoxy) is 2. The average Bonchev–Trinajstić information content (AvgIpc) is 3.37. The normalized spacial score (nSPS) is 13.5. The third-order valence-corrected chi connectivity index (χ3v) is 5.67. The SMILES string of the molecule is Cc1noc(C)c1COc1cccc(C(=O)O[C@H](C)C(=O)c2ccc3c(c2)CCC3)c1. The molecular weight excluding hydrogens is 394 g/mol. The molecule has 6 heteroatoms. The molecule has 160 valence electrons. The number of ketones is 1. The number of rotatable bonds is 7. The summed E-state index contributed by atoms with van der Waals surface area (Å²) in [6.07, 6.45) is 2.29. The largest absolute Gasteiger partial charge is 0.489 e. The smallest absolute Gasteiger partial charge is 0.338 e. The maximum Gasteiger partial charge on any atom is 0.338 e. The van der Waals surface area contributed by atoms with Crippen molar-refractivity contribution >= 4 is 11.8 Å². The summed E-state index contributed by atoms with van der Waals surface area (Å²) in [5.74, 6) is 0.456. The Morgan fingerprint density at radius 2 is 1.87 bits per heavy atom. The Kier molecular flexibility index (Phi) is 5.89. The second-order valence-corrected chi connectivity index (χ2v) is 7.87. The Morgan fingerprint density at radius 1 is 1.06 bits per heavy atom. The van der Waals surface area contributed by atoms with Crippen LogP contribution in [0.25, 0.3) is 0 Å². The zero-order chi connectivity index (χ0) is 22.0. The van der Waals surface area contributed by atoms with E-state index in [2.05, 4.69) is 5.16 Å². The number of benzene rings is 2. The second-order valence-electron chi connectivity index (χ2n) is 7.87. The van der Waals surface area contributed by atoms with Crippen LogP contribution >= 0.6 is 0 Å². The van der Waals surface area contributed by atoms with E-state index in [0.717, 1.165) is 30.5 Å². The lowest BCUT2D eigenvalue weighted by atomic mass is 10.0. The molecule has 0 saturated heterocycles. The van der Waals surface area contributed by atoms with Crippen LogP contribution in [-0.4, -0.2) is 23.0 Å². The monoisotopic (exact) mass is 419 g/mol. The van der Waals surface area contributed by atoms with Crippen molar-refractivity contribution in [3.63, 3.8) is 0 Å². The fraction of sp³-hybridized carbons (Fsp3) is 0.320. The summed E-state index contributed by atoms with van der Waals surface area (Å²) in [4.78, 5) is 25.4. The first-order valence-electron chi connectivity index (χ1n) is 10.4. The van der Waals surface area contributed by atoms with E-state index in [4.69, 9.17) is 14.0 Å². The number of aromatic nitrogens is 1. The Labute approximate surface area is 181 Å². The molecule has 0 saturated carbocycles. The standard InChI is InChI=1S/C25H25NO5/c1-15-23(16(2)31-26-15)14-29-22-9-5-8-21(13-22)25(28)30-17(3)24(27)20-11-10-18-6-4-7-19(18)12-20/h5,8-13,17H,4,6-7,14H2,1-3H3/t17-/m1/s1. The van der Waals surface area contributed by atoms with Crippen LogP contribution < -0.4 is 4.74 Å². The summed E-state index contributed by atoms with van der Waals surface area (Å²) in [6.45, 7) is 5.56. The van der Waals surface area contributed by atoms with Gasteiger partial charge in [0.25, 0.3) is 0 Å². The predicted octanol–water partition coefficient (Wildman–Crippen LogP) is 4.79. The van der Waals surface area contributed by atoms with Crippen LogP contribution in [0.2, 0.25) is 0 Å². The molecule has 1 aromatic heterocycles. The topological polar surface area (TPSA) is 78.6 Å². The third-order valence-electron chi connectivity index (χ3n) is 5.67. The number of Topliss-reactive ketones (excluding diaryl/α,β-unsaturated/α-hetero) is 1. The van der Waals surface area contributed by atoms with Gasteiger partial charge in [0.15, 0.2) is 6.10 Å². The van der Waals surface area contributed by atoms with Crippen LogP contribution in [0.4, 0.5) is 0 Å². The molecule has 0 unspecified atom stereocenters. The van der Waals surface area contributed by atoms with E-state index in [1.165, 1.54) is 11.1 Å². The lowest BCUT2D eigenvalue weighted by Crippen LogP contribution is -2.24. The number of carbonyl (C=O) groups is 2. The van der Waals surface area contributed by atoms with E-state index >= 15 is 0 Å². The highest BCUT2D eigenvalue weighted by molar-refractivity contribution is 6.01. The lowest BCUT2D eigenvalue weighted by molar-refractivity contribution is 0.0318. The summed E-state index contributed by atoms with van der Waals surface area (Å²) in [6, 6.07) is 12.5. The molecule has 0 aliphatic heterocycles. The van der Waals surface area contributed by atoms with E-state index in [1.807, 2.05) is 32.0 Å². The van der Waals surface area contributed by atoms with Crippen molar-refractivity contribution < 1.29 is 23.6 Å². The van der Waals surface area contributed by atoms with E-state index in [0.29, 0.717) is 22.6 Å². The van der Waals surface area contributed by atoms with Gasteiger partial charge in [-0.25, -0.2) is 4.79 Å². The van der Waals surface area contributed by atoms with Gasteiger partial charge in [-0.3, -0.25) is 4.79 Å². The number of aryl methyl sites for hydroxylation is 4. The highest BCUT2D eigenvalue weighted by Crippen LogP contribution is 2.24. The molecule has 1 aliphatic rings. The number of carbonyl (C=O) groups excluding carboxylic acids is 2. The van der Waals surface area contributed by atoms with Crippen molar-refractivity contribution in [3.05, 3.63) is 81.7 Å². The van der Waals surface area contributed by atoms with Gasteiger partial charge in [-0.2, -0.15) is 0 Å². The second kappa shape index (κ2) is 8.76. The highest BCUT2D eigenvalue weighted by Gasteiger charge is 2.22. The molecule has 1 heterocycles. The van der Waals surface area contributed by atoms with Crippen molar-refractivity contribution in [1.29, 1.82) is 0 Å². The number of hydrogen-bond acceptors (Lipinski definition) is 6. The molecule has 0 radical (unpaired) electrons. The number of nitrogens with zero attached hydrogens (tertiary/aromatic N) is 1. The van der Waals surface area contributed by atoms with Gasteiger partial charge in [-0.05, 0) is 75.4 Å². The lowest BCUT2D eigenvalue weighted by Gasteiger charge is -2.14. The minimum absolute atomic E-state index is 0.200. The van der Waals surface area contributed by atoms with Gasteiger partial charge < -0.3 is 14.0 Å². The van der Waals surface area contributed by atoms with Crippen LogP contribution in [0.5, 0.6) is 5.75 Å². The maximum absolute atomic E-state index is 12.8. The molecule has 6 nitrogen and oxygen atoms in total. The first kappa shape index (κ1) is 20.8. The third kappa shape index (κ3) is 4.53. The Bertz CT molecular complexity index is 1110. The van der Waals surface area contributed by atoms with Gasteiger partial charge >= 0.3 is 5.97 Å². The fourth-order valence-electron chi connectivity index (χ4n) is 3.82. The molecule has 0 bridgehead atoms. The van der Waals surface area contributed by atoms with Crippen LogP contribution in [0.1, 0.15) is 62.2 Å². The zero-order valence-electron chi connectivity index (χ0n) is 17.9. The first-order chi connectivity index (χ1) is 14.9. The average molecular weight is 419 g/mol. The Morgan fingerprint density at radius 3 is 2.65 bits per heavy atom. The van der Waals surface area contributed by atoms with Crippen LogP contribution in [0.15, 0.2) is 47.0 Å². The molecule has 0 fully saturated rings. The summed E-state index contributed by atoms with van der Waals surface area (Å²) < 4.78 is 16.4. The van der Waals surface area contributed by atoms with Gasteiger partial charge in [0.2, 0.25) is 5.78 Å². The van der Waals surface area contributed by atoms with Gasteiger partial charge in [-0.15, -0.1) is 0 Å². The molecular formula is C25H25NO5. The maximum atomic E-state index is 12.8. The van der Waals surface area contributed by atoms with Crippen molar-refractivity contribution in [2.24, 2.45) is 0 Å². The molecule has 31 heavy (non-hydrogen) atoms. The molecule has 0 amide bonds. The Balaban J connectivity index is 1.40. The summed E-state index contributed by atoms with van der Waals surface area (Å²) in [5.41, 5.74) is 5.07. The summed E-state index contributed by atoms with van der Waals surface area (Å²) >= 11 is 0. The fourth-order valence-corrected chi connectivity index (χ4v) is 3.82. The van der Waals surface area contributed by atoms with Gasteiger partial charge in [-0.1, -0.05) is 23.4 Å². The van der Waals surface area contributed by atoms with E-state index in [9.17, 15) is 9.59 Å². The summed E-state index contributed by atoms with van der Waals surface area (Å²) in [5, 5.41) is 3.91. The number of fused-ring (bicyclic) bond motifs is 1. The predicted molar refractivity (Wildman–Crippen MR) is 114 cm³/mol. The van der Waals surface area contributed by atoms with Gasteiger partial charge in [0.05, 0.1) is 16.8 Å². The highest BCUT2D eigenvalue weighted by atomic mass is 16.5. The van der Waals surface area contributed by atoms with E-state index in [-0.39, 0.29) is 12.4 Å². The minimum Gasteiger partial charge on any atom is -0.489 e. The van der Waals surface area contributed by atoms with Crippen LogP contribution in [0, 0.1) is 13.8 Å². The summed E-state index contributed by atoms with van der Waals surface area (Å²) in [7, 11) is 0. The molecule has 4 rings (SSSR count). The number of esters is 1. The molecule has 1 atom stereocenters. The minimum atomic E-state index is -0.876. The molecule has 0 spiro atoms. The van der Waals surface area contributed by atoms with Crippen LogP contribution in [0.3, 0.4) is 0 Å². The molecule has 2 aromatic carbocycles. The Hall–Kier alpha value is -3.41. The van der Waals surface area contributed by atoms with Crippen molar-refractivity contribution in [2.45, 2.75) is 52.7 Å². The van der Waals surface area contributed by atoms with Crippen LogP contribution in [-0.2, 0) is 24.2 Å². The van der Waals surface area contributed by atoms with Crippen molar-refractivity contribution in [3.8, 4) is 5.75 Å². The molecule has 3 aromatic rings. The molecule has 1 aliphatic carbocycles. The van der Waals surface area contributed by atoms with Gasteiger partial charge in [0, 0.05) is 5.56 Å². The quantitative estimate of drug-likeness (QED) is 0.405. The van der Waals surface area contributed by atoms with Crippen molar-refractivity contribution in [2.75, 3.05) is 0 Å². The van der Waals surface area contributed by atoms with E-state index in [1.54, 1.807) is 31.2 Å². The zero-order valence-corrected chi connectivity index (χ0v) is 17.9. The molecule has 0 N–H and O–H groups in total. The van der Waals surface area contributed by atoms with E-state index < -0.39 is 12.1 Å². The van der Waals surface area contributed by atoms with Gasteiger partial charge in [0.1, 0.15) is 18.1 Å². The van der Waals surface area contributed by atoms with Crippen molar-refractivity contribution in [1.82, 2.24) is 5.16 Å². The first-order valence-corrected chi connectivity index (χ1v) is 10.4.